The molecule has 2 aromatic carbocycles. The molecule has 1 aliphatic carbocycles. The first-order chi connectivity index (χ1) is 12.4. The highest BCUT2D eigenvalue weighted by molar-refractivity contribution is 7.87. The highest BCUT2D eigenvalue weighted by atomic mass is 32.2. The minimum atomic E-state index is -4.11. The Bertz CT molecular complexity index is 1010. The number of carbonyl (C=O) groups excluding carboxylic acids is 1. The van der Waals surface area contributed by atoms with E-state index in [0.29, 0.717) is 36.7 Å². The van der Waals surface area contributed by atoms with Crippen LogP contribution >= 0.6 is 0 Å². The maximum Gasteiger partial charge on any atom is 0.339 e. The summed E-state index contributed by atoms with van der Waals surface area (Å²) in [5.74, 6) is 0.895. The minimum Gasteiger partial charge on any atom is -0.486 e. The topological polar surface area (TPSA) is 78.9 Å². The second kappa shape index (κ2) is 6.02. The number of ether oxygens (including phenoxy) is 2. The van der Waals surface area contributed by atoms with Crippen molar-refractivity contribution in [2.24, 2.45) is 0 Å². The summed E-state index contributed by atoms with van der Waals surface area (Å²) in [7, 11) is -4.11. The molecular weight excluding hydrogens is 356 g/mol. The Morgan fingerprint density at radius 1 is 1.08 bits per heavy atom. The van der Waals surface area contributed by atoms with E-state index in [1.54, 1.807) is 12.1 Å². The summed E-state index contributed by atoms with van der Waals surface area (Å²) in [4.78, 5) is 12.3. The lowest BCUT2D eigenvalue weighted by Crippen LogP contribution is -2.17. The van der Waals surface area contributed by atoms with Crippen molar-refractivity contribution in [1.29, 1.82) is 0 Å². The van der Waals surface area contributed by atoms with Crippen molar-refractivity contribution >= 4 is 15.9 Å². The van der Waals surface area contributed by atoms with E-state index >= 15 is 0 Å². The van der Waals surface area contributed by atoms with Gasteiger partial charge in [-0.2, -0.15) is 8.42 Å². The molecule has 1 atom stereocenters. The van der Waals surface area contributed by atoms with Crippen LogP contribution in [0.15, 0.2) is 35.2 Å². The average molecular weight is 374 g/mol. The van der Waals surface area contributed by atoms with Gasteiger partial charge in [-0.05, 0) is 42.2 Å². The van der Waals surface area contributed by atoms with Gasteiger partial charge in [-0.25, -0.2) is 0 Å². The number of ketones is 1. The highest BCUT2D eigenvalue weighted by Gasteiger charge is 2.33. The van der Waals surface area contributed by atoms with E-state index in [9.17, 15) is 13.2 Å². The van der Waals surface area contributed by atoms with Crippen molar-refractivity contribution in [2.45, 2.75) is 31.1 Å². The molecule has 0 spiro atoms. The lowest BCUT2D eigenvalue weighted by Gasteiger charge is -2.19. The van der Waals surface area contributed by atoms with E-state index in [1.807, 2.05) is 13.8 Å². The van der Waals surface area contributed by atoms with Crippen LogP contribution in [-0.2, 0) is 10.1 Å². The SMILES string of the molecule is Cc1ccc(OS(=O)(=O)c2ccc3c(c2)OCCO3)c2c1C(C)CC2=O. The molecule has 0 saturated carbocycles. The van der Waals surface area contributed by atoms with E-state index in [1.165, 1.54) is 18.2 Å². The molecule has 1 heterocycles. The fourth-order valence-electron chi connectivity index (χ4n) is 3.52. The Balaban J connectivity index is 1.73. The Morgan fingerprint density at radius 3 is 2.58 bits per heavy atom. The van der Waals surface area contributed by atoms with Crippen molar-refractivity contribution in [3.63, 3.8) is 0 Å². The predicted octanol–water partition coefficient (Wildman–Crippen LogP) is 3.22. The van der Waals surface area contributed by atoms with Crippen LogP contribution < -0.4 is 13.7 Å². The number of fused-ring (bicyclic) bond motifs is 2. The van der Waals surface area contributed by atoms with Crippen molar-refractivity contribution in [3.8, 4) is 17.2 Å². The van der Waals surface area contributed by atoms with Crippen LogP contribution in [0.2, 0.25) is 0 Å². The Hall–Kier alpha value is -2.54. The zero-order valence-corrected chi connectivity index (χ0v) is 15.3. The first-order valence-corrected chi connectivity index (χ1v) is 9.78. The summed E-state index contributed by atoms with van der Waals surface area (Å²) in [6.07, 6.45) is 0.362. The number of carbonyl (C=O) groups is 1. The molecule has 2 aromatic rings. The number of rotatable bonds is 3. The van der Waals surface area contributed by atoms with E-state index in [-0.39, 0.29) is 22.3 Å². The third kappa shape index (κ3) is 2.72. The molecule has 0 saturated heterocycles. The second-order valence-electron chi connectivity index (χ2n) is 6.54. The molecule has 1 unspecified atom stereocenters. The van der Waals surface area contributed by atoms with Crippen LogP contribution in [0, 0.1) is 6.92 Å². The molecule has 6 nitrogen and oxygen atoms in total. The van der Waals surface area contributed by atoms with E-state index < -0.39 is 10.1 Å². The van der Waals surface area contributed by atoms with E-state index in [4.69, 9.17) is 13.7 Å². The number of Topliss-reactive ketones (excluding diaryl/α,β-unsaturated/α-hetero) is 1. The summed E-state index contributed by atoms with van der Waals surface area (Å²) in [5.41, 5.74) is 2.20. The smallest absolute Gasteiger partial charge is 0.339 e. The zero-order valence-electron chi connectivity index (χ0n) is 14.4. The van der Waals surface area contributed by atoms with Crippen molar-refractivity contribution < 1.29 is 26.9 Å². The zero-order chi connectivity index (χ0) is 18.5. The van der Waals surface area contributed by atoms with Crippen LogP contribution in [-0.4, -0.2) is 27.4 Å². The monoisotopic (exact) mass is 374 g/mol. The maximum absolute atomic E-state index is 12.7. The van der Waals surface area contributed by atoms with Gasteiger partial charge in [0.2, 0.25) is 0 Å². The Kier molecular flexibility index (Phi) is 3.91. The van der Waals surface area contributed by atoms with Gasteiger partial charge in [-0.3, -0.25) is 4.79 Å². The molecule has 0 amide bonds. The van der Waals surface area contributed by atoms with Crippen LogP contribution in [0.3, 0.4) is 0 Å². The number of aryl methyl sites for hydroxylation is 1. The van der Waals surface area contributed by atoms with Crippen molar-refractivity contribution in [1.82, 2.24) is 0 Å². The highest BCUT2D eigenvalue weighted by Crippen LogP contribution is 2.41. The van der Waals surface area contributed by atoms with Gasteiger partial charge in [0.05, 0.1) is 5.56 Å². The predicted molar refractivity (Wildman–Crippen MR) is 93.8 cm³/mol. The third-order valence-electron chi connectivity index (χ3n) is 4.69. The molecule has 1 aliphatic heterocycles. The van der Waals surface area contributed by atoms with Gasteiger partial charge in [-0.1, -0.05) is 13.0 Å². The summed E-state index contributed by atoms with van der Waals surface area (Å²) >= 11 is 0. The molecule has 136 valence electrons. The molecule has 0 N–H and O–H groups in total. The normalized spacial score (nSPS) is 18.5. The summed E-state index contributed by atoms with van der Waals surface area (Å²) in [6, 6.07) is 7.64. The lowest BCUT2D eigenvalue weighted by molar-refractivity contribution is 0.0989. The molecule has 7 heteroatoms. The summed E-state index contributed by atoms with van der Waals surface area (Å²) < 4.78 is 41.6. The van der Waals surface area contributed by atoms with Crippen molar-refractivity contribution in [3.05, 3.63) is 47.0 Å². The molecule has 26 heavy (non-hydrogen) atoms. The standard InChI is InChI=1S/C19H18O6S/c1-11-3-5-16(19-14(20)9-12(2)18(11)19)25-26(21,22)13-4-6-15-17(10-13)24-8-7-23-15/h3-6,10,12H,7-9H2,1-2H3. The van der Waals surface area contributed by atoms with Crippen molar-refractivity contribution in [2.75, 3.05) is 13.2 Å². The van der Waals surface area contributed by atoms with E-state index in [2.05, 4.69) is 0 Å². The molecule has 0 fully saturated rings. The molecular formula is C19H18O6S. The molecule has 4 rings (SSSR count). The van der Waals surface area contributed by atoms with Gasteiger partial charge < -0.3 is 13.7 Å². The second-order valence-corrected chi connectivity index (χ2v) is 8.09. The number of hydrogen-bond donors (Lipinski definition) is 0. The van der Waals surface area contributed by atoms with Gasteiger partial charge in [0, 0.05) is 12.5 Å². The van der Waals surface area contributed by atoms with Crippen LogP contribution in [0.25, 0.3) is 0 Å². The average Bonchev–Trinajstić information content (AvgIpc) is 2.92. The van der Waals surface area contributed by atoms with Gasteiger partial charge in [0.25, 0.3) is 0 Å². The fourth-order valence-corrected chi connectivity index (χ4v) is 4.48. The maximum atomic E-state index is 12.7. The third-order valence-corrected chi connectivity index (χ3v) is 5.92. The van der Waals surface area contributed by atoms with Gasteiger partial charge in [0.1, 0.15) is 18.1 Å². The van der Waals surface area contributed by atoms with Gasteiger partial charge in [-0.15, -0.1) is 0 Å². The van der Waals surface area contributed by atoms with Gasteiger partial charge >= 0.3 is 10.1 Å². The Morgan fingerprint density at radius 2 is 1.81 bits per heavy atom. The number of benzene rings is 2. The minimum absolute atomic E-state index is 0.0467. The summed E-state index contributed by atoms with van der Waals surface area (Å²) in [6.45, 7) is 4.64. The largest absolute Gasteiger partial charge is 0.486 e. The first kappa shape index (κ1) is 16.9. The number of hydrogen-bond acceptors (Lipinski definition) is 6. The lowest BCUT2D eigenvalue weighted by atomic mass is 9.98. The first-order valence-electron chi connectivity index (χ1n) is 8.37. The molecule has 2 aliphatic rings. The van der Waals surface area contributed by atoms with Crippen LogP contribution in [0.4, 0.5) is 0 Å². The summed E-state index contributed by atoms with van der Waals surface area (Å²) in [5, 5.41) is 0. The van der Waals surface area contributed by atoms with E-state index in [0.717, 1.165) is 11.1 Å². The Labute approximate surface area is 151 Å². The quantitative estimate of drug-likeness (QED) is 0.768. The fraction of sp³-hybridized carbons (Fsp3) is 0.316. The molecule has 0 radical (unpaired) electrons. The molecule has 0 bridgehead atoms. The molecule has 0 aromatic heterocycles. The van der Waals surface area contributed by atoms with Crippen LogP contribution in [0.5, 0.6) is 17.2 Å². The van der Waals surface area contributed by atoms with Gasteiger partial charge in [0.15, 0.2) is 23.0 Å². The van der Waals surface area contributed by atoms with Crippen LogP contribution in [0.1, 0.15) is 40.7 Å².